The molecule has 0 aliphatic carbocycles. The van der Waals surface area contributed by atoms with Crippen LogP contribution in [0, 0.1) is 5.41 Å². The fourth-order valence-electron chi connectivity index (χ4n) is 2.33. The summed E-state index contributed by atoms with van der Waals surface area (Å²) < 4.78 is 0. The van der Waals surface area contributed by atoms with Gasteiger partial charge in [-0.2, -0.15) is 0 Å². The van der Waals surface area contributed by atoms with E-state index in [2.05, 4.69) is 4.90 Å². The van der Waals surface area contributed by atoms with Crippen molar-refractivity contribution in [1.82, 2.24) is 0 Å². The molecular weight excluding hydrogens is 238 g/mol. The number of aliphatic carboxylic acids is 1. The van der Waals surface area contributed by atoms with Gasteiger partial charge in [-0.3, -0.25) is 4.79 Å². The van der Waals surface area contributed by atoms with E-state index in [0.29, 0.717) is 11.6 Å². The van der Waals surface area contributed by atoms with Crippen molar-refractivity contribution in [2.24, 2.45) is 5.41 Å². The van der Waals surface area contributed by atoms with E-state index < -0.39 is 11.4 Å². The molecule has 0 aromatic heterocycles. The standard InChI is InChI=1S/C13H16ClNO2/c1-13(12(16)17)7-4-8-15(9-13)11-6-3-2-5-10(11)14/h2-3,5-6H,4,7-9H2,1H3,(H,16,17). The van der Waals surface area contributed by atoms with E-state index in [4.69, 9.17) is 11.6 Å². The maximum Gasteiger partial charge on any atom is 0.311 e. The molecule has 17 heavy (non-hydrogen) atoms. The first-order valence-corrected chi connectivity index (χ1v) is 6.14. The Kier molecular flexibility index (Phi) is 3.29. The lowest BCUT2D eigenvalue weighted by Gasteiger charge is -2.39. The number of carbonyl (C=O) groups is 1. The minimum Gasteiger partial charge on any atom is -0.481 e. The van der Waals surface area contributed by atoms with Gasteiger partial charge in [0.25, 0.3) is 0 Å². The van der Waals surface area contributed by atoms with Gasteiger partial charge < -0.3 is 10.0 Å². The smallest absolute Gasteiger partial charge is 0.311 e. The molecule has 0 amide bonds. The van der Waals surface area contributed by atoms with Gasteiger partial charge in [-0.1, -0.05) is 23.7 Å². The number of carboxylic acids is 1. The summed E-state index contributed by atoms with van der Waals surface area (Å²) in [5.41, 5.74) is 0.263. The zero-order chi connectivity index (χ0) is 12.5. The molecule has 0 bridgehead atoms. The molecule has 0 spiro atoms. The van der Waals surface area contributed by atoms with Gasteiger partial charge in [-0.15, -0.1) is 0 Å². The molecule has 1 aromatic rings. The lowest BCUT2D eigenvalue weighted by Crippen LogP contribution is -2.46. The SMILES string of the molecule is CC1(C(=O)O)CCCN(c2ccccc2Cl)C1. The van der Waals surface area contributed by atoms with E-state index in [0.717, 1.165) is 25.1 Å². The summed E-state index contributed by atoms with van der Waals surface area (Å²) in [6, 6.07) is 7.58. The quantitative estimate of drug-likeness (QED) is 0.881. The Morgan fingerprint density at radius 2 is 2.18 bits per heavy atom. The fraction of sp³-hybridized carbons (Fsp3) is 0.462. The van der Waals surface area contributed by atoms with Gasteiger partial charge in [-0.25, -0.2) is 0 Å². The van der Waals surface area contributed by atoms with Gasteiger partial charge in [0.2, 0.25) is 0 Å². The molecule has 1 saturated heterocycles. The van der Waals surface area contributed by atoms with Crippen LogP contribution in [-0.2, 0) is 4.79 Å². The lowest BCUT2D eigenvalue weighted by molar-refractivity contribution is -0.148. The summed E-state index contributed by atoms with van der Waals surface area (Å²) in [6.45, 7) is 3.19. The number of nitrogens with zero attached hydrogens (tertiary/aromatic N) is 1. The third-order valence-electron chi connectivity index (χ3n) is 3.41. The molecule has 1 fully saturated rings. The maximum absolute atomic E-state index is 11.3. The van der Waals surface area contributed by atoms with Crippen molar-refractivity contribution >= 4 is 23.3 Å². The van der Waals surface area contributed by atoms with Crippen molar-refractivity contribution in [3.8, 4) is 0 Å². The third-order valence-corrected chi connectivity index (χ3v) is 3.73. The van der Waals surface area contributed by atoms with E-state index in [-0.39, 0.29) is 0 Å². The third kappa shape index (κ3) is 2.39. The number of anilines is 1. The first kappa shape index (κ1) is 12.2. The van der Waals surface area contributed by atoms with Crippen LogP contribution in [0.4, 0.5) is 5.69 Å². The van der Waals surface area contributed by atoms with Crippen LogP contribution in [0.3, 0.4) is 0 Å². The molecule has 3 nitrogen and oxygen atoms in total. The number of para-hydroxylation sites is 1. The zero-order valence-electron chi connectivity index (χ0n) is 9.82. The van der Waals surface area contributed by atoms with E-state index in [1.54, 1.807) is 6.92 Å². The van der Waals surface area contributed by atoms with Crippen molar-refractivity contribution in [1.29, 1.82) is 0 Å². The molecule has 1 N–H and O–H groups in total. The zero-order valence-corrected chi connectivity index (χ0v) is 10.6. The minimum absolute atomic E-state index is 0.520. The highest BCUT2D eigenvalue weighted by Gasteiger charge is 2.38. The van der Waals surface area contributed by atoms with Crippen molar-refractivity contribution in [2.45, 2.75) is 19.8 Å². The fourth-order valence-corrected chi connectivity index (χ4v) is 2.58. The number of hydrogen-bond acceptors (Lipinski definition) is 2. The first-order chi connectivity index (χ1) is 8.03. The number of rotatable bonds is 2. The number of carboxylic acid groups (broad SMARTS) is 1. The molecular formula is C13H16ClNO2. The molecule has 4 heteroatoms. The Hall–Kier alpha value is -1.22. The topological polar surface area (TPSA) is 40.5 Å². The summed E-state index contributed by atoms with van der Waals surface area (Å²) in [6.07, 6.45) is 1.61. The normalized spacial score (nSPS) is 24.7. The van der Waals surface area contributed by atoms with E-state index in [9.17, 15) is 9.90 Å². The van der Waals surface area contributed by atoms with Crippen LogP contribution in [0.2, 0.25) is 5.02 Å². The van der Waals surface area contributed by atoms with Gasteiger partial charge in [0.15, 0.2) is 0 Å². The van der Waals surface area contributed by atoms with Gasteiger partial charge in [0.1, 0.15) is 0 Å². The van der Waals surface area contributed by atoms with Crippen LogP contribution in [0.25, 0.3) is 0 Å². The first-order valence-electron chi connectivity index (χ1n) is 5.76. The molecule has 2 rings (SSSR count). The van der Waals surface area contributed by atoms with Crippen LogP contribution in [0.1, 0.15) is 19.8 Å². The molecule has 1 aromatic carbocycles. The summed E-state index contributed by atoms with van der Waals surface area (Å²) in [5, 5.41) is 9.95. The van der Waals surface area contributed by atoms with Crippen LogP contribution in [0.15, 0.2) is 24.3 Å². The highest BCUT2D eigenvalue weighted by Crippen LogP contribution is 2.35. The summed E-state index contributed by atoms with van der Waals surface area (Å²) in [5.74, 6) is -0.728. The van der Waals surface area contributed by atoms with Crippen LogP contribution in [-0.4, -0.2) is 24.2 Å². The number of piperidine rings is 1. The molecule has 92 valence electrons. The van der Waals surface area contributed by atoms with E-state index >= 15 is 0 Å². The second-order valence-corrected chi connectivity index (χ2v) is 5.25. The lowest BCUT2D eigenvalue weighted by atomic mass is 9.82. The number of hydrogen-bond donors (Lipinski definition) is 1. The molecule has 0 saturated carbocycles. The van der Waals surface area contributed by atoms with Crippen molar-refractivity contribution in [3.05, 3.63) is 29.3 Å². The van der Waals surface area contributed by atoms with Gasteiger partial charge >= 0.3 is 5.97 Å². The average Bonchev–Trinajstić information content (AvgIpc) is 2.29. The van der Waals surface area contributed by atoms with E-state index in [1.165, 1.54) is 0 Å². The second-order valence-electron chi connectivity index (χ2n) is 4.84. The Labute approximate surface area is 106 Å². The van der Waals surface area contributed by atoms with Gasteiger partial charge in [0.05, 0.1) is 16.1 Å². The summed E-state index contributed by atoms with van der Waals surface area (Å²) >= 11 is 6.14. The summed E-state index contributed by atoms with van der Waals surface area (Å²) in [4.78, 5) is 13.3. The molecule has 0 radical (unpaired) electrons. The minimum atomic E-state index is -0.728. The van der Waals surface area contributed by atoms with Gasteiger partial charge in [0, 0.05) is 13.1 Å². The molecule has 1 atom stereocenters. The highest BCUT2D eigenvalue weighted by atomic mass is 35.5. The largest absolute Gasteiger partial charge is 0.481 e. The van der Waals surface area contributed by atoms with E-state index in [1.807, 2.05) is 24.3 Å². The Morgan fingerprint density at radius 1 is 1.47 bits per heavy atom. The number of benzene rings is 1. The second kappa shape index (κ2) is 4.57. The number of halogens is 1. The Morgan fingerprint density at radius 3 is 2.82 bits per heavy atom. The van der Waals surface area contributed by atoms with Crippen LogP contribution >= 0.6 is 11.6 Å². The Balaban J connectivity index is 2.24. The predicted molar refractivity (Wildman–Crippen MR) is 68.6 cm³/mol. The monoisotopic (exact) mass is 253 g/mol. The molecule has 1 aliphatic rings. The predicted octanol–water partition coefficient (Wildman–Crippen LogP) is 3.03. The average molecular weight is 254 g/mol. The van der Waals surface area contributed by atoms with Crippen molar-refractivity contribution < 1.29 is 9.90 Å². The van der Waals surface area contributed by atoms with Crippen molar-refractivity contribution in [2.75, 3.05) is 18.0 Å². The Bertz CT molecular complexity index is 435. The molecule has 1 aliphatic heterocycles. The maximum atomic E-state index is 11.3. The molecule has 1 heterocycles. The summed E-state index contributed by atoms with van der Waals surface area (Å²) in [7, 11) is 0. The molecule has 1 unspecified atom stereocenters. The highest BCUT2D eigenvalue weighted by molar-refractivity contribution is 6.33. The van der Waals surface area contributed by atoms with Crippen LogP contribution in [0.5, 0.6) is 0 Å². The van der Waals surface area contributed by atoms with Gasteiger partial charge in [-0.05, 0) is 31.9 Å². The van der Waals surface area contributed by atoms with Crippen LogP contribution < -0.4 is 4.90 Å². The van der Waals surface area contributed by atoms with Crippen molar-refractivity contribution in [3.63, 3.8) is 0 Å².